The molecule has 148 valence electrons. The van der Waals surface area contributed by atoms with E-state index in [2.05, 4.69) is 65.8 Å². The van der Waals surface area contributed by atoms with E-state index in [1.54, 1.807) is 0 Å². The zero-order chi connectivity index (χ0) is 19.8. The average molecular weight is 371 g/mol. The van der Waals surface area contributed by atoms with E-state index in [1.807, 2.05) is 12.1 Å². The van der Waals surface area contributed by atoms with Gasteiger partial charge in [-0.1, -0.05) is 39.8 Å². The van der Waals surface area contributed by atoms with Crippen molar-refractivity contribution in [3.05, 3.63) is 58.7 Å². The van der Waals surface area contributed by atoms with Crippen molar-refractivity contribution < 1.29 is 14.2 Å². The molecule has 0 fully saturated rings. The third-order valence-electron chi connectivity index (χ3n) is 4.72. The second-order valence-corrected chi connectivity index (χ2v) is 7.66. The molecule has 0 radical (unpaired) electrons. The summed E-state index contributed by atoms with van der Waals surface area (Å²) in [5, 5.41) is 0. The molecule has 0 aliphatic heterocycles. The van der Waals surface area contributed by atoms with Crippen molar-refractivity contribution >= 4 is 0 Å². The number of aryl methyl sites for hydroxylation is 2. The van der Waals surface area contributed by atoms with Crippen molar-refractivity contribution in [1.82, 2.24) is 0 Å². The highest BCUT2D eigenvalue weighted by Gasteiger charge is 2.06. The Morgan fingerprint density at radius 3 is 1.37 bits per heavy atom. The van der Waals surface area contributed by atoms with Gasteiger partial charge in [-0.15, -0.1) is 0 Å². The van der Waals surface area contributed by atoms with Crippen LogP contribution in [0.3, 0.4) is 0 Å². The normalized spacial score (nSPS) is 11.3. The number of benzene rings is 2. The molecule has 27 heavy (non-hydrogen) atoms. The lowest BCUT2D eigenvalue weighted by atomic mass is 9.98. The first-order valence-electron chi connectivity index (χ1n) is 9.93. The van der Waals surface area contributed by atoms with Gasteiger partial charge in [0.25, 0.3) is 0 Å². The second-order valence-electron chi connectivity index (χ2n) is 7.66. The Kier molecular flexibility index (Phi) is 8.18. The number of hydrogen-bond acceptors (Lipinski definition) is 3. The fourth-order valence-corrected chi connectivity index (χ4v) is 3.31. The second kappa shape index (κ2) is 10.4. The van der Waals surface area contributed by atoms with Gasteiger partial charge in [0.1, 0.15) is 24.7 Å². The van der Waals surface area contributed by atoms with Crippen molar-refractivity contribution in [2.75, 3.05) is 26.4 Å². The highest BCUT2D eigenvalue weighted by Crippen LogP contribution is 2.24. The standard InChI is InChI=1S/C24H34O3/c1-17(2)23-9-7-21(15-19(23)5)26-13-11-25-12-14-27-22-8-10-24(18(3)4)20(6)16-22/h7-10,15-18H,11-14H2,1-6H3. The van der Waals surface area contributed by atoms with Crippen LogP contribution in [0.5, 0.6) is 11.5 Å². The summed E-state index contributed by atoms with van der Waals surface area (Å²) < 4.78 is 17.2. The van der Waals surface area contributed by atoms with Crippen LogP contribution in [-0.4, -0.2) is 26.4 Å². The number of rotatable bonds is 10. The lowest BCUT2D eigenvalue weighted by molar-refractivity contribution is 0.0764. The molecule has 0 unspecified atom stereocenters. The Morgan fingerprint density at radius 2 is 1.04 bits per heavy atom. The first-order chi connectivity index (χ1) is 12.9. The summed E-state index contributed by atoms with van der Waals surface area (Å²) in [5.74, 6) is 2.87. The van der Waals surface area contributed by atoms with Crippen molar-refractivity contribution in [1.29, 1.82) is 0 Å². The van der Waals surface area contributed by atoms with Gasteiger partial charge in [0, 0.05) is 0 Å². The van der Waals surface area contributed by atoms with Crippen LogP contribution in [0.15, 0.2) is 36.4 Å². The Labute approximate surface area is 164 Å². The predicted molar refractivity (Wildman–Crippen MR) is 112 cm³/mol. The maximum Gasteiger partial charge on any atom is 0.119 e. The summed E-state index contributed by atoms with van der Waals surface area (Å²) in [6.45, 7) is 15.3. The SMILES string of the molecule is Cc1cc(OCCOCCOc2ccc(C(C)C)c(C)c2)ccc1C(C)C. The van der Waals surface area contributed by atoms with Crippen LogP contribution in [0.2, 0.25) is 0 Å². The van der Waals surface area contributed by atoms with Gasteiger partial charge in [-0.2, -0.15) is 0 Å². The van der Waals surface area contributed by atoms with E-state index in [4.69, 9.17) is 14.2 Å². The highest BCUT2D eigenvalue weighted by atomic mass is 16.5. The molecule has 0 bridgehead atoms. The third-order valence-corrected chi connectivity index (χ3v) is 4.72. The maximum atomic E-state index is 5.77. The van der Waals surface area contributed by atoms with E-state index in [1.165, 1.54) is 22.3 Å². The molecule has 3 nitrogen and oxygen atoms in total. The van der Waals surface area contributed by atoms with E-state index < -0.39 is 0 Å². The molecule has 3 heteroatoms. The lowest BCUT2D eigenvalue weighted by Crippen LogP contribution is -2.12. The molecule has 2 aromatic rings. The molecular weight excluding hydrogens is 336 g/mol. The molecule has 0 spiro atoms. The highest BCUT2D eigenvalue weighted by molar-refractivity contribution is 5.37. The molecule has 0 saturated carbocycles. The van der Waals surface area contributed by atoms with E-state index in [0.29, 0.717) is 38.3 Å². The van der Waals surface area contributed by atoms with Crippen LogP contribution in [-0.2, 0) is 4.74 Å². The summed E-state index contributed by atoms with van der Waals surface area (Å²) in [6, 6.07) is 12.6. The lowest BCUT2D eigenvalue weighted by Gasteiger charge is -2.13. The summed E-state index contributed by atoms with van der Waals surface area (Å²) in [7, 11) is 0. The smallest absolute Gasteiger partial charge is 0.119 e. The Hall–Kier alpha value is -2.00. The van der Waals surface area contributed by atoms with Crippen LogP contribution in [0.25, 0.3) is 0 Å². The Bertz CT molecular complexity index is 658. The third kappa shape index (κ3) is 6.59. The fourth-order valence-electron chi connectivity index (χ4n) is 3.31. The van der Waals surface area contributed by atoms with E-state index in [-0.39, 0.29) is 0 Å². The summed E-state index contributed by atoms with van der Waals surface area (Å²) >= 11 is 0. The molecule has 0 N–H and O–H groups in total. The van der Waals surface area contributed by atoms with Gasteiger partial charge in [0.15, 0.2) is 0 Å². The average Bonchev–Trinajstić information content (AvgIpc) is 2.60. The molecule has 0 saturated heterocycles. The van der Waals surface area contributed by atoms with Gasteiger partial charge in [0.2, 0.25) is 0 Å². The summed E-state index contributed by atoms with van der Waals surface area (Å²) in [6.07, 6.45) is 0. The summed E-state index contributed by atoms with van der Waals surface area (Å²) in [4.78, 5) is 0. The van der Waals surface area contributed by atoms with Crippen LogP contribution < -0.4 is 9.47 Å². The zero-order valence-corrected chi connectivity index (χ0v) is 17.7. The van der Waals surface area contributed by atoms with Crippen molar-refractivity contribution in [3.8, 4) is 11.5 Å². The van der Waals surface area contributed by atoms with E-state index in [9.17, 15) is 0 Å². The van der Waals surface area contributed by atoms with Gasteiger partial charge in [-0.3, -0.25) is 0 Å². The molecule has 2 aromatic carbocycles. The van der Waals surface area contributed by atoms with Crippen molar-refractivity contribution in [2.45, 2.75) is 53.4 Å². The first kappa shape index (κ1) is 21.3. The molecule has 0 amide bonds. The van der Waals surface area contributed by atoms with Gasteiger partial charge >= 0.3 is 0 Å². The van der Waals surface area contributed by atoms with Crippen molar-refractivity contribution in [2.24, 2.45) is 0 Å². The van der Waals surface area contributed by atoms with Gasteiger partial charge in [-0.05, 0) is 72.2 Å². The molecule has 0 aliphatic rings. The van der Waals surface area contributed by atoms with Gasteiger partial charge in [0.05, 0.1) is 13.2 Å². The van der Waals surface area contributed by atoms with Gasteiger partial charge in [-0.25, -0.2) is 0 Å². The fraction of sp³-hybridized carbons (Fsp3) is 0.500. The van der Waals surface area contributed by atoms with Gasteiger partial charge < -0.3 is 14.2 Å². The van der Waals surface area contributed by atoms with Crippen LogP contribution >= 0.6 is 0 Å². The zero-order valence-electron chi connectivity index (χ0n) is 17.7. The molecular formula is C24H34O3. The first-order valence-corrected chi connectivity index (χ1v) is 9.93. The monoisotopic (exact) mass is 370 g/mol. The minimum absolute atomic E-state index is 0.535. The topological polar surface area (TPSA) is 27.7 Å². The van der Waals surface area contributed by atoms with Crippen LogP contribution in [0.4, 0.5) is 0 Å². The predicted octanol–water partition coefficient (Wildman–Crippen LogP) is 6.02. The molecule has 0 atom stereocenters. The minimum atomic E-state index is 0.535. The number of hydrogen-bond donors (Lipinski definition) is 0. The van der Waals surface area contributed by atoms with Crippen LogP contribution in [0, 0.1) is 13.8 Å². The number of ether oxygens (including phenoxy) is 3. The molecule has 0 heterocycles. The van der Waals surface area contributed by atoms with Crippen LogP contribution in [0.1, 0.15) is 61.8 Å². The molecule has 0 aliphatic carbocycles. The molecule has 2 rings (SSSR count). The summed E-state index contributed by atoms with van der Waals surface area (Å²) in [5.41, 5.74) is 5.28. The largest absolute Gasteiger partial charge is 0.491 e. The minimum Gasteiger partial charge on any atom is -0.491 e. The van der Waals surface area contributed by atoms with E-state index in [0.717, 1.165) is 11.5 Å². The quantitative estimate of drug-likeness (QED) is 0.478. The molecule has 0 aromatic heterocycles. The van der Waals surface area contributed by atoms with Crippen molar-refractivity contribution in [3.63, 3.8) is 0 Å². The van der Waals surface area contributed by atoms with E-state index >= 15 is 0 Å². The maximum absolute atomic E-state index is 5.77. The Balaban J connectivity index is 1.64. The Morgan fingerprint density at radius 1 is 0.630 bits per heavy atom.